The molecule has 1 heterocycles. The Bertz CT molecular complexity index is 781. The van der Waals surface area contributed by atoms with Gasteiger partial charge in [-0.2, -0.15) is 0 Å². The molecule has 0 atom stereocenters. The molecular formula is C17H20N2O4. The Morgan fingerprint density at radius 3 is 2.48 bits per heavy atom. The van der Waals surface area contributed by atoms with Crippen LogP contribution in [0.3, 0.4) is 0 Å². The smallest absolute Gasteiger partial charge is 0.419 e. The van der Waals surface area contributed by atoms with Crippen LogP contribution in [0.4, 0.5) is 4.79 Å². The van der Waals surface area contributed by atoms with Crippen LogP contribution in [0.2, 0.25) is 0 Å². The van der Waals surface area contributed by atoms with E-state index in [9.17, 15) is 9.59 Å². The topological polar surface area (TPSA) is 83.5 Å². The highest BCUT2D eigenvalue weighted by Gasteiger charge is 2.20. The van der Waals surface area contributed by atoms with E-state index in [4.69, 9.17) is 10.5 Å². The molecule has 122 valence electrons. The van der Waals surface area contributed by atoms with Gasteiger partial charge in [0.1, 0.15) is 11.3 Å². The van der Waals surface area contributed by atoms with Crippen LogP contribution in [0.15, 0.2) is 36.2 Å². The van der Waals surface area contributed by atoms with Crippen LogP contribution in [-0.4, -0.2) is 29.3 Å². The molecule has 6 heteroatoms. The van der Waals surface area contributed by atoms with Crippen molar-refractivity contribution in [1.29, 1.82) is 0 Å². The molecule has 0 aliphatic carbocycles. The first-order valence-electron chi connectivity index (χ1n) is 7.12. The lowest BCUT2D eigenvalue weighted by Gasteiger charge is -2.19. The van der Waals surface area contributed by atoms with Gasteiger partial charge in [0.05, 0.1) is 12.6 Å². The predicted octanol–water partition coefficient (Wildman–Crippen LogP) is 2.90. The molecule has 0 amide bonds. The number of nitrogens with two attached hydrogens (primary N) is 1. The quantitative estimate of drug-likeness (QED) is 0.680. The van der Waals surface area contributed by atoms with Crippen LogP contribution in [0, 0.1) is 0 Å². The van der Waals surface area contributed by atoms with E-state index in [1.807, 2.05) is 18.2 Å². The van der Waals surface area contributed by atoms with Crippen molar-refractivity contribution in [3.8, 4) is 0 Å². The van der Waals surface area contributed by atoms with Crippen molar-refractivity contribution >= 4 is 29.0 Å². The van der Waals surface area contributed by atoms with Gasteiger partial charge in [0.2, 0.25) is 0 Å². The fourth-order valence-electron chi connectivity index (χ4n) is 2.13. The summed E-state index contributed by atoms with van der Waals surface area (Å²) < 4.78 is 11.4. The summed E-state index contributed by atoms with van der Waals surface area (Å²) in [4.78, 5) is 23.8. The highest BCUT2D eigenvalue weighted by molar-refractivity contribution is 5.99. The van der Waals surface area contributed by atoms with Crippen molar-refractivity contribution in [3.05, 3.63) is 41.7 Å². The van der Waals surface area contributed by atoms with Crippen LogP contribution >= 0.6 is 0 Å². The summed E-state index contributed by atoms with van der Waals surface area (Å²) in [5.74, 6) is -0.626. The minimum Gasteiger partial charge on any atom is -0.464 e. The van der Waals surface area contributed by atoms with Crippen LogP contribution in [0.5, 0.6) is 0 Å². The summed E-state index contributed by atoms with van der Waals surface area (Å²) in [6.45, 7) is 5.39. The molecule has 0 aliphatic rings. The van der Waals surface area contributed by atoms with E-state index in [0.717, 1.165) is 5.39 Å². The highest BCUT2D eigenvalue weighted by atomic mass is 16.6. The third kappa shape index (κ3) is 3.71. The second-order valence-corrected chi connectivity index (χ2v) is 6.04. The maximum atomic E-state index is 12.4. The van der Waals surface area contributed by atoms with Crippen molar-refractivity contribution in [2.75, 3.05) is 7.11 Å². The van der Waals surface area contributed by atoms with Crippen molar-refractivity contribution in [2.24, 2.45) is 5.73 Å². The number of hydrogen-bond acceptors (Lipinski definition) is 5. The second kappa shape index (κ2) is 6.16. The van der Waals surface area contributed by atoms with E-state index in [1.54, 1.807) is 33.0 Å². The number of esters is 1. The van der Waals surface area contributed by atoms with E-state index in [-0.39, 0.29) is 5.70 Å². The van der Waals surface area contributed by atoms with Gasteiger partial charge >= 0.3 is 12.1 Å². The molecule has 23 heavy (non-hydrogen) atoms. The molecule has 0 bridgehead atoms. The number of nitrogens with zero attached hydrogens (tertiary/aromatic N) is 1. The number of aromatic nitrogens is 1. The average molecular weight is 316 g/mol. The van der Waals surface area contributed by atoms with Crippen molar-refractivity contribution in [3.63, 3.8) is 0 Å². The standard InChI is InChI=1S/C17H20N2O4/c1-17(2,3)23-16(21)19-10-11(9-13(18)15(20)22-4)12-7-5-6-8-14(12)19/h5-10H,18H2,1-4H3/b13-9-. The molecule has 0 radical (unpaired) electrons. The zero-order valence-corrected chi connectivity index (χ0v) is 13.6. The Balaban J connectivity index is 2.53. The SMILES string of the molecule is COC(=O)/C(N)=C/c1cn(C(=O)OC(C)(C)C)c2ccccc12. The number of carbonyl (C=O) groups is 2. The number of para-hydroxylation sites is 1. The number of hydrogen-bond donors (Lipinski definition) is 1. The second-order valence-electron chi connectivity index (χ2n) is 6.04. The molecule has 1 aromatic carbocycles. The Morgan fingerprint density at radius 1 is 1.22 bits per heavy atom. The molecule has 2 N–H and O–H groups in total. The molecule has 2 aromatic rings. The molecule has 0 unspecified atom stereocenters. The van der Waals surface area contributed by atoms with Gasteiger partial charge < -0.3 is 15.2 Å². The number of rotatable bonds is 2. The first-order chi connectivity index (χ1) is 10.7. The van der Waals surface area contributed by atoms with Gasteiger partial charge in [-0.05, 0) is 32.9 Å². The maximum absolute atomic E-state index is 12.4. The van der Waals surface area contributed by atoms with Crippen LogP contribution < -0.4 is 5.73 Å². The van der Waals surface area contributed by atoms with Gasteiger partial charge in [-0.3, -0.25) is 4.57 Å². The molecular weight excluding hydrogens is 296 g/mol. The molecule has 0 spiro atoms. The van der Waals surface area contributed by atoms with Crippen LogP contribution in [0.25, 0.3) is 17.0 Å². The zero-order chi connectivity index (χ0) is 17.2. The number of benzene rings is 1. The van der Waals surface area contributed by atoms with E-state index < -0.39 is 17.7 Å². The van der Waals surface area contributed by atoms with E-state index in [1.165, 1.54) is 17.8 Å². The third-order valence-electron chi connectivity index (χ3n) is 3.07. The Labute approximate surface area is 134 Å². The molecule has 2 rings (SSSR count). The van der Waals surface area contributed by atoms with Crippen LogP contribution in [0.1, 0.15) is 26.3 Å². The first kappa shape index (κ1) is 16.6. The normalized spacial score (nSPS) is 12.3. The van der Waals surface area contributed by atoms with E-state index in [0.29, 0.717) is 11.1 Å². The first-order valence-corrected chi connectivity index (χ1v) is 7.12. The summed E-state index contributed by atoms with van der Waals surface area (Å²) in [6, 6.07) is 7.30. The van der Waals surface area contributed by atoms with Gasteiger partial charge in [-0.15, -0.1) is 0 Å². The largest absolute Gasteiger partial charge is 0.464 e. The fourth-order valence-corrected chi connectivity index (χ4v) is 2.13. The zero-order valence-electron chi connectivity index (χ0n) is 13.6. The highest BCUT2D eigenvalue weighted by Crippen LogP contribution is 2.24. The van der Waals surface area contributed by atoms with E-state index in [2.05, 4.69) is 4.74 Å². The summed E-state index contributed by atoms with van der Waals surface area (Å²) in [5, 5.41) is 0.783. The molecule has 6 nitrogen and oxygen atoms in total. The monoisotopic (exact) mass is 316 g/mol. The minimum absolute atomic E-state index is 0.0420. The average Bonchev–Trinajstić information content (AvgIpc) is 2.84. The molecule has 1 aromatic heterocycles. The van der Waals surface area contributed by atoms with Crippen LogP contribution in [-0.2, 0) is 14.3 Å². The summed E-state index contributed by atoms with van der Waals surface area (Å²) in [6.07, 6.45) is 2.58. The van der Waals surface area contributed by atoms with Crippen molar-refractivity contribution in [1.82, 2.24) is 4.57 Å². The lowest BCUT2D eigenvalue weighted by atomic mass is 10.1. The van der Waals surface area contributed by atoms with Gasteiger partial charge in [0, 0.05) is 17.1 Å². The lowest BCUT2D eigenvalue weighted by molar-refractivity contribution is -0.136. The minimum atomic E-state index is -0.626. The maximum Gasteiger partial charge on any atom is 0.419 e. The van der Waals surface area contributed by atoms with Gasteiger partial charge in [-0.25, -0.2) is 9.59 Å². The number of fused-ring (bicyclic) bond motifs is 1. The van der Waals surface area contributed by atoms with Gasteiger partial charge in [-0.1, -0.05) is 18.2 Å². The van der Waals surface area contributed by atoms with Crippen molar-refractivity contribution in [2.45, 2.75) is 26.4 Å². The summed E-state index contributed by atoms with van der Waals surface area (Å²) in [7, 11) is 1.26. The Hall–Kier alpha value is -2.76. The van der Waals surface area contributed by atoms with Crippen molar-refractivity contribution < 1.29 is 19.1 Å². The summed E-state index contributed by atoms with van der Waals surface area (Å²) >= 11 is 0. The number of carbonyl (C=O) groups excluding carboxylic acids is 2. The molecule has 0 fully saturated rings. The predicted molar refractivity (Wildman–Crippen MR) is 87.8 cm³/mol. The number of methoxy groups -OCH3 is 1. The fraction of sp³-hybridized carbons (Fsp3) is 0.294. The van der Waals surface area contributed by atoms with E-state index >= 15 is 0 Å². The molecule has 0 aliphatic heterocycles. The lowest BCUT2D eigenvalue weighted by Crippen LogP contribution is -2.26. The Kier molecular flexibility index (Phi) is 4.45. The van der Waals surface area contributed by atoms with Gasteiger partial charge in [0.15, 0.2) is 0 Å². The summed E-state index contributed by atoms with van der Waals surface area (Å²) in [5.41, 5.74) is 6.35. The third-order valence-corrected chi connectivity index (χ3v) is 3.07. The number of ether oxygens (including phenoxy) is 2. The van der Waals surface area contributed by atoms with Gasteiger partial charge in [0.25, 0.3) is 0 Å². The molecule has 0 saturated heterocycles. The Morgan fingerprint density at radius 2 is 1.87 bits per heavy atom. The molecule has 0 saturated carbocycles.